The fraction of sp³-hybridized carbons (Fsp3) is 0.529. The number of carbonyl (C=O) groups excluding carboxylic acids is 1. The zero-order valence-electron chi connectivity index (χ0n) is 15.5. The van der Waals surface area contributed by atoms with Crippen molar-refractivity contribution in [3.8, 4) is 0 Å². The number of likely N-dealkylation sites (N-methyl/N-ethyl adjacent to an activating group) is 1. The molecule has 25 heavy (non-hydrogen) atoms. The minimum atomic E-state index is -0.534. The van der Waals surface area contributed by atoms with E-state index < -0.39 is 18.3 Å². The van der Waals surface area contributed by atoms with Gasteiger partial charge in [-0.2, -0.15) is 5.10 Å². The maximum Gasteiger partial charge on any atom is 0.496 e. The molecule has 0 saturated carbocycles. The Morgan fingerprint density at radius 1 is 1.24 bits per heavy atom. The van der Waals surface area contributed by atoms with Gasteiger partial charge in [0, 0.05) is 31.1 Å². The molecule has 134 valence electrons. The van der Waals surface area contributed by atoms with Crippen LogP contribution >= 0.6 is 11.6 Å². The van der Waals surface area contributed by atoms with E-state index in [1.807, 2.05) is 39.8 Å². The van der Waals surface area contributed by atoms with Crippen molar-refractivity contribution < 1.29 is 14.1 Å². The summed E-state index contributed by atoms with van der Waals surface area (Å²) in [5, 5.41) is 5.74. The summed E-state index contributed by atoms with van der Waals surface area (Å²) < 4.78 is 13.8. The summed E-state index contributed by atoms with van der Waals surface area (Å²) in [5.74, 6) is -0.0323. The quantitative estimate of drug-likeness (QED) is 0.784. The Kier molecular flexibility index (Phi) is 4.38. The van der Waals surface area contributed by atoms with Crippen molar-refractivity contribution >= 4 is 41.0 Å². The predicted octanol–water partition coefficient (Wildman–Crippen LogP) is 2.08. The van der Waals surface area contributed by atoms with Crippen molar-refractivity contribution in [1.82, 2.24) is 14.7 Å². The summed E-state index contributed by atoms with van der Waals surface area (Å²) in [6.07, 6.45) is 1.79. The van der Waals surface area contributed by atoms with Crippen molar-refractivity contribution in [3.63, 3.8) is 0 Å². The van der Waals surface area contributed by atoms with E-state index in [2.05, 4.69) is 5.10 Å². The molecule has 2 aromatic rings. The van der Waals surface area contributed by atoms with Crippen LogP contribution in [0.2, 0.25) is 5.02 Å². The lowest BCUT2D eigenvalue weighted by Crippen LogP contribution is -2.41. The van der Waals surface area contributed by atoms with Crippen molar-refractivity contribution in [1.29, 1.82) is 0 Å². The van der Waals surface area contributed by atoms with Gasteiger partial charge in [-0.05, 0) is 33.8 Å². The third-order valence-corrected chi connectivity index (χ3v) is 5.43. The number of halogens is 1. The largest absolute Gasteiger partial charge is 0.496 e. The normalized spacial score (nSPS) is 18.8. The highest BCUT2D eigenvalue weighted by Crippen LogP contribution is 2.37. The lowest BCUT2D eigenvalue weighted by atomic mass is 9.78. The van der Waals surface area contributed by atoms with Gasteiger partial charge in [-0.15, -0.1) is 0 Å². The summed E-state index contributed by atoms with van der Waals surface area (Å²) >= 11 is 6.61. The number of fused-ring (bicyclic) bond motifs is 1. The fourth-order valence-electron chi connectivity index (χ4n) is 2.64. The number of hydrogen-bond donors (Lipinski definition) is 0. The lowest BCUT2D eigenvalue weighted by Gasteiger charge is -2.32. The zero-order valence-corrected chi connectivity index (χ0v) is 16.2. The number of aromatic nitrogens is 2. The molecular formula is C17H23BClN3O3. The summed E-state index contributed by atoms with van der Waals surface area (Å²) in [4.78, 5) is 13.4. The summed E-state index contributed by atoms with van der Waals surface area (Å²) in [6, 6.07) is 3.75. The maximum absolute atomic E-state index is 11.9. The first kappa shape index (κ1) is 18.2. The molecule has 0 atom stereocenters. The van der Waals surface area contributed by atoms with Gasteiger partial charge in [0.2, 0.25) is 5.91 Å². The molecule has 1 amide bonds. The Morgan fingerprint density at radius 3 is 2.40 bits per heavy atom. The third kappa shape index (κ3) is 3.16. The van der Waals surface area contributed by atoms with E-state index in [4.69, 9.17) is 20.9 Å². The molecule has 1 aliphatic rings. The van der Waals surface area contributed by atoms with E-state index in [0.29, 0.717) is 5.02 Å². The number of nitrogens with zero attached hydrogens (tertiary/aromatic N) is 3. The van der Waals surface area contributed by atoms with Crippen LogP contribution in [0.4, 0.5) is 0 Å². The standard InChI is InChI=1S/C17H23BClN3O3/c1-16(2)17(3,4)25-18(24-16)12-7-8-13-11(15(12)19)9-22(20-13)10-14(23)21(5)6/h7-9H,10H2,1-6H3. The fourth-order valence-corrected chi connectivity index (χ4v) is 2.94. The zero-order chi connectivity index (χ0) is 18.6. The number of carbonyl (C=O) groups is 1. The second-order valence-corrected chi connectivity index (χ2v) is 7.98. The molecule has 3 rings (SSSR count). The van der Waals surface area contributed by atoms with Gasteiger partial charge in [-0.3, -0.25) is 9.48 Å². The van der Waals surface area contributed by atoms with Crippen LogP contribution in [0.5, 0.6) is 0 Å². The number of amides is 1. The van der Waals surface area contributed by atoms with E-state index in [1.165, 1.54) is 4.90 Å². The van der Waals surface area contributed by atoms with Gasteiger partial charge in [0.1, 0.15) is 6.54 Å². The number of benzene rings is 1. The maximum atomic E-state index is 11.9. The van der Waals surface area contributed by atoms with Crippen molar-refractivity contribution in [2.75, 3.05) is 14.1 Å². The molecule has 2 heterocycles. The highest BCUT2D eigenvalue weighted by atomic mass is 35.5. The van der Waals surface area contributed by atoms with Crippen molar-refractivity contribution in [3.05, 3.63) is 23.4 Å². The summed E-state index contributed by atoms with van der Waals surface area (Å²) in [5.41, 5.74) is 0.638. The van der Waals surface area contributed by atoms with E-state index in [-0.39, 0.29) is 12.5 Å². The van der Waals surface area contributed by atoms with Crippen molar-refractivity contribution in [2.45, 2.75) is 45.4 Å². The molecule has 0 spiro atoms. The first-order chi connectivity index (χ1) is 11.5. The van der Waals surface area contributed by atoms with E-state index >= 15 is 0 Å². The highest BCUT2D eigenvalue weighted by Gasteiger charge is 2.52. The van der Waals surface area contributed by atoms with Gasteiger partial charge >= 0.3 is 7.12 Å². The van der Waals surface area contributed by atoms with Gasteiger partial charge in [-0.25, -0.2) is 0 Å². The minimum absolute atomic E-state index is 0.0323. The Hall–Kier alpha value is -1.57. The highest BCUT2D eigenvalue weighted by molar-refractivity contribution is 6.66. The van der Waals surface area contributed by atoms with Crippen LogP contribution < -0.4 is 5.46 Å². The second kappa shape index (κ2) is 6.00. The van der Waals surface area contributed by atoms with Crippen LogP contribution in [0.25, 0.3) is 10.9 Å². The molecule has 0 aliphatic carbocycles. The molecule has 1 aromatic carbocycles. The molecule has 8 heteroatoms. The topological polar surface area (TPSA) is 56.6 Å². The third-order valence-electron chi connectivity index (χ3n) is 5.00. The van der Waals surface area contributed by atoms with E-state index in [1.54, 1.807) is 25.0 Å². The first-order valence-electron chi connectivity index (χ1n) is 8.23. The Morgan fingerprint density at radius 2 is 1.84 bits per heavy atom. The molecule has 6 nitrogen and oxygen atoms in total. The molecule has 0 bridgehead atoms. The van der Waals surface area contributed by atoms with Crippen molar-refractivity contribution in [2.24, 2.45) is 0 Å². The predicted molar refractivity (Wildman–Crippen MR) is 99.2 cm³/mol. The molecule has 1 aromatic heterocycles. The van der Waals surface area contributed by atoms with Gasteiger partial charge in [0.05, 0.1) is 21.7 Å². The van der Waals surface area contributed by atoms with E-state index in [0.717, 1.165) is 16.4 Å². The smallest absolute Gasteiger partial charge is 0.399 e. The Labute approximate surface area is 153 Å². The van der Waals surface area contributed by atoms with Gasteiger partial charge in [0.15, 0.2) is 0 Å². The molecule has 0 radical (unpaired) electrons. The van der Waals surface area contributed by atoms with Gasteiger partial charge in [0.25, 0.3) is 0 Å². The van der Waals surface area contributed by atoms with Gasteiger partial charge < -0.3 is 14.2 Å². The molecular weight excluding hydrogens is 340 g/mol. The van der Waals surface area contributed by atoms with Crippen LogP contribution in [-0.4, -0.2) is 53.0 Å². The first-order valence-corrected chi connectivity index (χ1v) is 8.61. The monoisotopic (exact) mass is 363 g/mol. The Balaban J connectivity index is 1.94. The van der Waals surface area contributed by atoms with Crippen LogP contribution in [0.15, 0.2) is 18.3 Å². The van der Waals surface area contributed by atoms with Crippen LogP contribution in [0, 0.1) is 0 Å². The average Bonchev–Trinajstić information content (AvgIpc) is 2.98. The minimum Gasteiger partial charge on any atom is -0.399 e. The number of rotatable bonds is 3. The number of hydrogen-bond acceptors (Lipinski definition) is 4. The van der Waals surface area contributed by atoms with Gasteiger partial charge in [-0.1, -0.05) is 17.7 Å². The molecule has 0 unspecified atom stereocenters. The van der Waals surface area contributed by atoms with Crippen LogP contribution in [0.1, 0.15) is 27.7 Å². The molecule has 1 aliphatic heterocycles. The molecule has 1 saturated heterocycles. The average molecular weight is 364 g/mol. The molecule has 0 N–H and O–H groups in total. The lowest BCUT2D eigenvalue weighted by molar-refractivity contribution is -0.129. The molecule has 1 fully saturated rings. The summed E-state index contributed by atoms with van der Waals surface area (Å²) in [6.45, 7) is 8.19. The Bertz CT molecular complexity index is 816. The van der Waals surface area contributed by atoms with Crippen LogP contribution in [0.3, 0.4) is 0 Å². The van der Waals surface area contributed by atoms with E-state index in [9.17, 15) is 4.79 Å². The van der Waals surface area contributed by atoms with Crippen LogP contribution in [-0.2, 0) is 20.6 Å². The summed E-state index contributed by atoms with van der Waals surface area (Å²) in [7, 11) is 2.90. The SMILES string of the molecule is CN(C)C(=O)Cn1cc2c(Cl)c(B3OC(C)(C)C(C)(C)O3)ccc2n1. The second-order valence-electron chi connectivity index (χ2n) is 7.60.